The van der Waals surface area contributed by atoms with Gasteiger partial charge in [-0.25, -0.2) is 18.4 Å². The first-order valence-electron chi connectivity index (χ1n) is 11.3. The lowest BCUT2D eigenvalue weighted by molar-refractivity contribution is 0.476. The predicted molar refractivity (Wildman–Crippen MR) is 139 cm³/mol. The molecule has 8 nitrogen and oxygen atoms in total. The third kappa shape index (κ3) is 4.03. The largest absolute Gasteiger partial charge is 0.378 e. The van der Waals surface area contributed by atoms with Gasteiger partial charge in [-0.2, -0.15) is 4.31 Å². The molecule has 0 bridgehead atoms. The number of hydrogen-bond acceptors (Lipinski definition) is 5. The molecule has 178 valence electrons. The minimum Gasteiger partial charge on any atom is -0.378 e. The van der Waals surface area contributed by atoms with Crippen LogP contribution in [0.5, 0.6) is 0 Å². The van der Waals surface area contributed by atoms with E-state index >= 15 is 0 Å². The van der Waals surface area contributed by atoms with Gasteiger partial charge in [0, 0.05) is 48.0 Å². The number of H-pyrrole nitrogens is 1. The second kappa shape index (κ2) is 8.83. The van der Waals surface area contributed by atoms with Crippen LogP contribution >= 0.6 is 15.9 Å². The summed E-state index contributed by atoms with van der Waals surface area (Å²) in [6.07, 6.45) is 2.48. The van der Waals surface area contributed by atoms with E-state index in [1.165, 1.54) is 0 Å². The van der Waals surface area contributed by atoms with Crippen molar-refractivity contribution in [1.29, 1.82) is 0 Å². The van der Waals surface area contributed by atoms with E-state index in [1.54, 1.807) is 17.4 Å². The Morgan fingerprint density at radius 1 is 1.24 bits per heavy atom. The number of aromatic nitrogens is 4. The number of aromatic amines is 1. The zero-order valence-electron chi connectivity index (χ0n) is 19.3. The summed E-state index contributed by atoms with van der Waals surface area (Å²) in [5.41, 5.74) is 6.59. The van der Waals surface area contributed by atoms with Crippen LogP contribution in [0, 0.1) is 13.8 Å². The Labute approximate surface area is 207 Å². The Bertz CT molecular complexity index is 1460. The molecule has 0 radical (unpaired) electrons. The van der Waals surface area contributed by atoms with Crippen molar-refractivity contribution in [2.75, 3.05) is 24.2 Å². The number of aryl methyl sites for hydroxylation is 1. The van der Waals surface area contributed by atoms with E-state index in [-0.39, 0.29) is 11.8 Å². The molecule has 1 aliphatic rings. The molecular formula is C24H27BrN6O2S. The van der Waals surface area contributed by atoms with Gasteiger partial charge in [-0.15, -0.1) is 0 Å². The topological polar surface area (TPSA) is 95.9 Å². The fourth-order valence-electron chi connectivity index (χ4n) is 4.66. The second-order valence-electron chi connectivity index (χ2n) is 8.61. The van der Waals surface area contributed by atoms with Gasteiger partial charge in [0.25, 0.3) is 0 Å². The van der Waals surface area contributed by atoms with Gasteiger partial charge in [0.1, 0.15) is 11.3 Å². The number of imidazole rings is 1. The molecule has 1 saturated heterocycles. The third-order valence-corrected chi connectivity index (χ3v) is 8.88. The first-order chi connectivity index (χ1) is 16.3. The number of hydrogen-bond donors (Lipinski definition) is 2. The van der Waals surface area contributed by atoms with Gasteiger partial charge in [0.2, 0.25) is 10.0 Å². The van der Waals surface area contributed by atoms with E-state index in [0.717, 1.165) is 50.6 Å². The van der Waals surface area contributed by atoms with Gasteiger partial charge in [-0.1, -0.05) is 18.2 Å². The molecule has 1 unspecified atom stereocenters. The summed E-state index contributed by atoms with van der Waals surface area (Å²) in [7, 11) is -3.19. The maximum absolute atomic E-state index is 12.3. The lowest BCUT2D eigenvalue weighted by Crippen LogP contribution is -2.32. The first kappa shape index (κ1) is 23.1. The molecule has 4 aromatic rings. The van der Waals surface area contributed by atoms with E-state index in [2.05, 4.69) is 67.8 Å². The molecule has 1 atom stereocenters. The lowest BCUT2D eigenvalue weighted by Gasteiger charge is -2.17. The molecule has 4 heterocycles. The second-order valence-corrected chi connectivity index (χ2v) is 11.7. The van der Waals surface area contributed by atoms with Crippen molar-refractivity contribution in [3.8, 4) is 17.1 Å². The molecule has 1 aromatic carbocycles. The SMILES string of the molecule is CCS(=O)(=O)N1CCC(Nc2c(Br)cnc3nc(-c4cc(C)n(-c5ccccc5)c4C)[nH]c23)C1. The average molecular weight is 543 g/mol. The summed E-state index contributed by atoms with van der Waals surface area (Å²) < 4.78 is 29.1. The summed E-state index contributed by atoms with van der Waals surface area (Å²) in [4.78, 5) is 12.8. The minimum atomic E-state index is -3.19. The molecule has 0 saturated carbocycles. The highest BCUT2D eigenvalue weighted by molar-refractivity contribution is 9.10. The Morgan fingerprint density at radius 3 is 2.74 bits per heavy atom. The number of rotatable bonds is 6. The van der Waals surface area contributed by atoms with Crippen molar-refractivity contribution >= 4 is 42.8 Å². The molecule has 1 fully saturated rings. The van der Waals surface area contributed by atoms with Gasteiger partial charge in [-0.05, 0) is 61.3 Å². The number of para-hydroxylation sites is 1. The molecule has 5 rings (SSSR count). The smallest absolute Gasteiger partial charge is 0.213 e. The standard InChI is InChI=1S/C24H27BrN6O2S/c1-4-34(32,33)30-11-10-17(14-30)27-21-20(25)13-26-24-22(21)28-23(29-24)19-12-15(2)31(16(19)3)18-8-6-5-7-9-18/h5-9,12-13,17H,4,10-11,14H2,1-3H3,(H2,26,27,28,29). The molecule has 3 aromatic heterocycles. The molecule has 0 amide bonds. The normalized spacial score (nSPS) is 17.0. The number of nitrogens with zero attached hydrogens (tertiary/aromatic N) is 4. The summed E-state index contributed by atoms with van der Waals surface area (Å²) >= 11 is 3.61. The Kier molecular flexibility index (Phi) is 5.99. The Hall–Kier alpha value is -2.69. The van der Waals surface area contributed by atoms with E-state index in [0.29, 0.717) is 18.7 Å². The molecule has 2 N–H and O–H groups in total. The van der Waals surface area contributed by atoms with Crippen LogP contribution in [0.25, 0.3) is 28.2 Å². The molecule has 0 aliphatic carbocycles. The van der Waals surface area contributed by atoms with Crippen molar-refractivity contribution < 1.29 is 8.42 Å². The fourth-order valence-corrected chi connectivity index (χ4v) is 6.24. The Balaban J connectivity index is 1.50. The summed E-state index contributed by atoms with van der Waals surface area (Å²) in [6, 6.07) is 12.4. The van der Waals surface area contributed by atoms with Crippen molar-refractivity contribution in [1.82, 2.24) is 23.8 Å². The highest BCUT2D eigenvalue weighted by atomic mass is 79.9. The number of fused-ring (bicyclic) bond motifs is 1. The summed E-state index contributed by atoms with van der Waals surface area (Å²) in [6.45, 7) is 6.83. The first-order valence-corrected chi connectivity index (χ1v) is 13.7. The van der Waals surface area contributed by atoms with Crippen LogP contribution in [0.2, 0.25) is 0 Å². The van der Waals surface area contributed by atoms with Crippen LogP contribution in [0.15, 0.2) is 47.1 Å². The Morgan fingerprint density at radius 2 is 2.00 bits per heavy atom. The average Bonchev–Trinajstić information content (AvgIpc) is 3.54. The van der Waals surface area contributed by atoms with Crippen molar-refractivity contribution in [3.05, 3.63) is 58.5 Å². The van der Waals surface area contributed by atoms with Crippen molar-refractivity contribution in [2.24, 2.45) is 0 Å². The van der Waals surface area contributed by atoms with Crippen LogP contribution in [-0.2, 0) is 10.0 Å². The highest BCUT2D eigenvalue weighted by Gasteiger charge is 2.31. The monoisotopic (exact) mass is 542 g/mol. The zero-order valence-corrected chi connectivity index (χ0v) is 21.7. The number of anilines is 1. The van der Waals surface area contributed by atoms with Gasteiger partial charge in [0.05, 0.1) is 15.9 Å². The number of pyridine rings is 1. The van der Waals surface area contributed by atoms with E-state index in [9.17, 15) is 8.42 Å². The molecule has 34 heavy (non-hydrogen) atoms. The predicted octanol–water partition coefficient (Wildman–Crippen LogP) is 4.63. The number of sulfonamides is 1. The van der Waals surface area contributed by atoms with E-state index in [4.69, 9.17) is 4.98 Å². The number of benzene rings is 1. The van der Waals surface area contributed by atoms with E-state index < -0.39 is 10.0 Å². The van der Waals surface area contributed by atoms with Gasteiger partial charge in [0.15, 0.2) is 5.65 Å². The quantitative estimate of drug-likeness (QED) is 0.370. The maximum atomic E-state index is 12.3. The third-order valence-electron chi connectivity index (χ3n) is 6.43. The molecule has 0 spiro atoms. The summed E-state index contributed by atoms with van der Waals surface area (Å²) in [5, 5.41) is 3.53. The van der Waals surface area contributed by atoms with Crippen LogP contribution in [0.1, 0.15) is 24.7 Å². The van der Waals surface area contributed by atoms with Gasteiger partial charge < -0.3 is 14.9 Å². The summed E-state index contributed by atoms with van der Waals surface area (Å²) in [5.74, 6) is 0.870. The number of halogens is 1. The van der Waals surface area contributed by atoms with Crippen LogP contribution in [-0.4, -0.2) is 57.1 Å². The van der Waals surface area contributed by atoms with E-state index in [1.807, 2.05) is 18.2 Å². The number of nitrogens with one attached hydrogen (secondary N) is 2. The van der Waals surface area contributed by atoms with Crippen molar-refractivity contribution in [3.63, 3.8) is 0 Å². The molecule has 10 heteroatoms. The van der Waals surface area contributed by atoms with Gasteiger partial charge in [-0.3, -0.25) is 0 Å². The highest BCUT2D eigenvalue weighted by Crippen LogP contribution is 2.34. The maximum Gasteiger partial charge on any atom is 0.213 e. The lowest BCUT2D eigenvalue weighted by atomic mass is 10.2. The zero-order chi connectivity index (χ0) is 24.0. The minimum absolute atomic E-state index is 0.0121. The van der Waals surface area contributed by atoms with Crippen molar-refractivity contribution in [2.45, 2.75) is 33.2 Å². The molecular weight excluding hydrogens is 516 g/mol. The van der Waals surface area contributed by atoms with Gasteiger partial charge >= 0.3 is 0 Å². The molecule has 1 aliphatic heterocycles. The van der Waals surface area contributed by atoms with Crippen LogP contribution < -0.4 is 5.32 Å². The fraction of sp³-hybridized carbons (Fsp3) is 0.333. The van der Waals surface area contributed by atoms with Crippen LogP contribution in [0.3, 0.4) is 0 Å². The van der Waals surface area contributed by atoms with Crippen LogP contribution in [0.4, 0.5) is 5.69 Å².